The molecule has 1 aromatic heterocycles. The highest BCUT2D eigenvalue weighted by atomic mass is 16.2. The summed E-state index contributed by atoms with van der Waals surface area (Å²) in [5, 5.41) is 4.37. The Balaban J connectivity index is 1.72. The van der Waals surface area contributed by atoms with Gasteiger partial charge in [-0.2, -0.15) is 5.10 Å². The topological polar surface area (TPSA) is 41.4 Å². The fraction of sp³-hybridized carbons (Fsp3) is 0.385. The molecule has 0 N–H and O–H groups in total. The predicted octanol–water partition coefficient (Wildman–Crippen LogP) is 4.42. The number of benzene rings is 2. The molecular weight excluding hydrogens is 384 g/mol. The number of aryl methyl sites for hydroxylation is 1. The number of carbonyl (C=O) groups is 1. The summed E-state index contributed by atoms with van der Waals surface area (Å²) in [6.07, 6.45) is 5.54. The Morgan fingerprint density at radius 3 is 1.74 bits per heavy atom. The van der Waals surface area contributed by atoms with Gasteiger partial charge in [-0.15, -0.1) is 0 Å². The molecule has 1 aliphatic rings. The number of hydrogen-bond acceptors (Lipinski definition) is 3. The lowest BCUT2D eigenvalue weighted by Crippen LogP contribution is -2.54. The molecule has 5 nitrogen and oxygen atoms in total. The van der Waals surface area contributed by atoms with E-state index >= 15 is 0 Å². The van der Waals surface area contributed by atoms with Crippen LogP contribution in [0.2, 0.25) is 0 Å². The van der Waals surface area contributed by atoms with Crippen LogP contribution in [0.4, 0.5) is 0 Å². The van der Waals surface area contributed by atoms with Gasteiger partial charge in [0.05, 0.1) is 5.54 Å². The normalized spacial score (nSPS) is 23.6. The van der Waals surface area contributed by atoms with Crippen molar-refractivity contribution >= 4 is 5.91 Å². The molecule has 1 fully saturated rings. The van der Waals surface area contributed by atoms with Crippen LogP contribution in [0.5, 0.6) is 0 Å². The molecule has 3 aromatic rings. The number of nitrogens with zero attached hydrogens (tertiary/aromatic N) is 4. The minimum absolute atomic E-state index is 0.0264. The molecule has 4 rings (SSSR count). The molecule has 31 heavy (non-hydrogen) atoms. The summed E-state index contributed by atoms with van der Waals surface area (Å²) in [6.45, 7) is 0. The standard InChI is InChI=1S/C26H32N4O/c1-28(2)25(21-11-7-5-8-12-21)16-18-26(19-17-25,22-13-9-6-10-14-22)30(4)24(31)23-15-20-29(3)27-23/h5-15,20H,16-19H2,1-4H3. The van der Waals surface area contributed by atoms with Crippen molar-refractivity contribution < 1.29 is 4.79 Å². The Labute approximate surface area is 185 Å². The monoisotopic (exact) mass is 416 g/mol. The second-order valence-corrected chi connectivity index (χ2v) is 8.93. The summed E-state index contributed by atoms with van der Waals surface area (Å²) in [5.74, 6) is -0.0264. The van der Waals surface area contributed by atoms with Gasteiger partial charge in [0.1, 0.15) is 5.69 Å². The van der Waals surface area contributed by atoms with Crippen LogP contribution in [-0.2, 0) is 18.1 Å². The SMILES string of the molecule is CN(C)C1(c2ccccc2)CCC(c2ccccc2)(N(C)C(=O)c2ccn(C)n2)CC1. The van der Waals surface area contributed by atoms with Crippen molar-refractivity contribution in [2.45, 2.75) is 36.8 Å². The Morgan fingerprint density at radius 1 is 0.806 bits per heavy atom. The van der Waals surface area contributed by atoms with Crippen LogP contribution in [0.3, 0.4) is 0 Å². The first-order valence-electron chi connectivity index (χ1n) is 11.0. The minimum Gasteiger partial charge on any atom is -0.331 e. The fourth-order valence-corrected chi connectivity index (χ4v) is 5.28. The number of hydrogen-bond donors (Lipinski definition) is 0. The first-order valence-corrected chi connectivity index (χ1v) is 11.0. The Kier molecular flexibility index (Phi) is 5.71. The first-order chi connectivity index (χ1) is 14.9. The van der Waals surface area contributed by atoms with Crippen LogP contribution in [0.25, 0.3) is 0 Å². The van der Waals surface area contributed by atoms with Gasteiger partial charge in [-0.05, 0) is 57.0 Å². The molecule has 5 heteroatoms. The third-order valence-corrected chi connectivity index (χ3v) is 7.26. The highest BCUT2D eigenvalue weighted by Crippen LogP contribution is 2.50. The lowest BCUT2D eigenvalue weighted by atomic mass is 9.65. The molecule has 1 amide bonds. The molecule has 0 unspecified atom stereocenters. The van der Waals surface area contributed by atoms with E-state index in [0.717, 1.165) is 25.7 Å². The molecule has 0 radical (unpaired) electrons. The van der Waals surface area contributed by atoms with Crippen LogP contribution in [0.15, 0.2) is 72.9 Å². The molecule has 0 spiro atoms. The van der Waals surface area contributed by atoms with Gasteiger partial charge in [0.15, 0.2) is 0 Å². The maximum Gasteiger partial charge on any atom is 0.274 e. The van der Waals surface area contributed by atoms with E-state index in [0.29, 0.717) is 5.69 Å². The predicted molar refractivity (Wildman–Crippen MR) is 124 cm³/mol. The molecule has 0 saturated heterocycles. The third-order valence-electron chi connectivity index (χ3n) is 7.26. The average molecular weight is 417 g/mol. The van der Waals surface area contributed by atoms with E-state index in [1.807, 2.05) is 31.3 Å². The zero-order chi connectivity index (χ0) is 22.1. The average Bonchev–Trinajstić information content (AvgIpc) is 3.25. The highest BCUT2D eigenvalue weighted by Gasteiger charge is 2.49. The van der Waals surface area contributed by atoms with E-state index in [1.165, 1.54) is 11.1 Å². The molecular formula is C26H32N4O. The Hall–Kier alpha value is -2.92. The number of amides is 1. The molecule has 0 bridgehead atoms. The molecule has 1 heterocycles. The zero-order valence-corrected chi connectivity index (χ0v) is 19.0. The second-order valence-electron chi connectivity index (χ2n) is 8.93. The minimum atomic E-state index is -0.357. The van der Waals surface area contributed by atoms with Gasteiger partial charge in [-0.25, -0.2) is 0 Å². The maximum absolute atomic E-state index is 13.4. The van der Waals surface area contributed by atoms with Gasteiger partial charge in [0, 0.05) is 25.8 Å². The number of rotatable bonds is 5. The van der Waals surface area contributed by atoms with Crippen LogP contribution in [-0.4, -0.2) is 46.6 Å². The van der Waals surface area contributed by atoms with E-state index in [4.69, 9.17) is 0 Å². The fourth-order valence-electron chi connectivity index (χ4n) is 5.28. The lowest BCUT2D eigenvalue weighted by molar-refractivity contribution is 0.00113. The van der Waals surface area contributed by atoms with Crippen molar-refractivity contribution in [3.8, 4) is 0 Å². The van der Waals surface area contributed by atoms with Gasteiger partial charge >= 0.3 is 0 Å². The number of carbonyl (C=O) groups excluding carboxylic acids is 1. The largest absolute Gasteiger partial charge is 0.331 e. The maximum atomic E-state index is 13.4. The molecule has 0 atom stereocenters. The van der Waals surface area contributed by atoms with Crippen LogP contribution >= 0.6 is 0 Å². The van der Waals surface area contributed by atoms with E-state index < -0.39 is 0 Å². The highest BCUT2D eigenvalue weighted by molar-refractivity contribution is 5.92. The summed E-state index contributed by atoms with van der Waals surface area (Å²) < 4.78 is 1.68. The van der Waals surface area contributed by atoms with Gasteiger partial charge in [0.25, 0.3) is 5.91 Å². The quantitative estimate of drug-likeness (QED) is 0.618. The van der Waals surface area contributed by atoms with Crippen molar-refractivity contribution in [2.24, 2.45) is 7.05 Å². The summed E-state index contributed by atoms with van der Waals surface area (Å²) in [7, 11) is 8.13. The zero-order valence-electron chi connectivity index (χ0n) is 19.0. The number of aromatic nitrogens is 2. The molecule has 1 saturated carbocycles. The van der Waals surface area contributed by atoms with Crippen molar-refractivity contribution in [1.82, 2.24) is 19.6 Å². The van der Waals surface area contributed by atoms with Gasteiger partial charge in [-0.3, -0.25) is 14.4 Å². The Bertz CT molecular complexity index is 1020. The summed E-state index contributed by atoms with van der Waals surface area (Å²) in [5.41, 5.74) is 2.65. The lowest BCUT2D eigenvalue weighted by Gasteiger charge is -2.53. The van der Waals surface area contributed by atoms with Crippen LogP contribution < -0.4 is 0 Å². The van der Waals surface area contributed by atoms with Crippen LogP contribution in [0, 0.1) is 0 Å². The second kappa shape index (κ2) is 8.31. The van der Waals surface area contributed by atoms with E-state index in [2.05, 4.69) is 78.7 Å². The molecule has 0 aliphatic heterocycles. The van der Waals surface area contributed by atoms with Gasteiger partial charge in [0.2, 0.25) is 0 Å². The smallest absolute Gasteiger partial charge is 0.274 e. The van der Waals surface area contributed by atoms with Crippen molar-refractivity contribution in [3.05, 3.63) is 89.7 Å². The van der Waals surface area contributed by atoms with Crippen LogP contribution in [0.1, 0.15) is 47.3 Å². The summed E-state index contributed by atoms with van der Waals surface area (Å²) in [6, 6.07) is 23.1. The third kappa shape index (κ3) is 3.68. The van der Waals surface area contributed by atoms with Crippen molar-refractivity contribution in [2.75, 3.05) is 21.1 Å². The van der Waals surface area contributed by atoms with Gasteiger partial charge in [-0.1, -0.05) is 60.7 Å². The van der Waals surface area contributed by atoms with E-state index in [1.54, 1.807) is 10.7 Å². The molecule has 2 aromatic carbocycles. The van der Waals surface area contributed by atoms with Crippen molar-refractivity contribution in [1.29, 1.82) is 0 Å². The van der Waals surface area contributed by atoms with E-state index in [9.17, 15) is 4.79 Å². The van der Waals surface area contributed by atoms with Crippen molar-refractivity contribution in [3.63, 3.8) is 0 Å². The first kappa shape index (κ1) is 21.3. The molecule has 1 aliphatic carbocycles. The van der Waals surface area contributed by atoms with E-state index in [-0.39, 0.29) is 17.0 Å². The van der Waals surface area contributed by atoms with Gasteiger partial charge < -0.3 is 4.90 Å². The molecule has 162 valence electrons. The summed E-state index contributed by atoms with van der Waals surface area (Å²) in [4.78, 5) is 17.7. The summed E-state index contributed by atoms with van der Waals surface area (Å²) >= 11 is 0. The Morgan fingerprint density at radius 2 is 1.29 bits per heavy atom.